The number of nitrogens with one attached hydrogen (secondary N) is 3. The lowest BCUT2D eigenvalue weighted by Gasteiger charge is -2.32. The number of fused-ring (bicyclic) bond motifs is 5. The van der Waals surface area contributed by atoms with E-state index >= 15 is 0 Å². The highest BCUT2D eigenvalue weighted by atomic mass is 35.5. The van der Waals surface area contributed by atoms with Gasteiger partial charge < -0.3 is 78.8 Å². The number of phenols is 2. The number of allylic oxidation sites excluding steroid dienone is 1. The Morgan fingerprint density at radius 2 is 0.856 bits per heavy atom. The fourth-order valence-electron chi connectivity index (χ4n) is 13.4. The molecule has 6 heterocycles. The molecule has 8 aromatic rings. The average Bonchev–Trinajstić information content (AvgIpc) is 1.37. The van der Waals surface area contributed by atoms with Gasteiger partial charge in [0.05, 0.1) is 36.2 Å². The maximum Gasteiger partial charge on any atom is 0.437 e. The highest BCUT2D eigenvalue weighted by Gasteiger charge is 2.31. The zero-order valence-electron chi connectivity index (χ0n) is 73.9. The molecule has 125 heavy (non-hydrogen) atoms. The van der Waals surface area contributed by atoms with Gasteiger partial charge >= 0.3 is 24.4 Å². The summed E-state index contributed by atoms with van der Waals surface area (Å²) >= 11 is 36.8. The molecule has 0 spiro atoms. The maximum atomic E-state index is 12.5. The molecule has 1 unspecified atom stereocenters. The molecular weight excluding hydrogens is 1720 g/mol. The molecule has 674 valence electrons. The van der Waals surface area contributed by atoms with Gasteiger partial charge in [-0.2, -0.15) is 0 Å². The van der Waals surface area contributed by atoms with E-state index in [1.165, 1.54) is 40.7 Å². The number of rotatable bonds is 9. The lowest BCUT2D eigenvalue weighted by molar-refractivity contribution is 0.0213. The molecule has 23 nitrogen and oxygen atoms in total. The minimum absolute atomic E-state index is 0.0613. The number of phenolic OH excluding ortho intramolecular Hbond substituents is 2. The third kappa shape index (κ3) is 33.8. The second kappa shape index (κ2) is 47.1. The zero-order valence-corrected chi connectivity index (χ0v) is 78.5. The molecule has 4 amide bonds. The van der Waals surface area contributed by atoms with Crippen LogP contribution in [0.4, 0.5) is 19.2 Å². The van der Waals surface area contributed by atoms with Crippen molar-refractivity contribution in [3.8, 4) is 28.7 Å². The third-order valence-corrected chi connectivity index (χ3v) is 22.0. The van der Waals surface area contributed by atoms with Gasteiger partial charge in [0.25, 0.3) is 0 Å². The van der Waals surface area contributed by atoms with E-state index in [0.29, 0.717) is 113 Å². The minimum Gasteiger partial charge on any atom is -0.508 e. The van der Waals surface area contributed by atoms with Crippen LogP contribution in [0.1, 0.15) is 182 Å². The van der Waals surface area contributed by atoms with E-state index in [-0.39, 0.29) is 36.5 Å². The number of nitrogens with zero attached hydrogens (tertiary/aromatic N) is 5. The van der Waals surface area contributed by atoms with Crippen LogP contribution in [0.15, 0.2) is 163 Å². The number of amides is 4. The Morgan fingerprint density at radius 3 is 1.22 bits per heavy atom. The Balaban J connectivity index is 0.000000196. The van der Waals surface area contributed by atoms with Crippen molar-refractivity contribution in [2.45, 2.75) is 223 Å². The SMILES string of the molecule is C=CC.CC(C)(C)OC(=O)N1CCc2ccc(O)cc2C1.CC(C)(C)OC(=O)N1CCc2ccc(OCc3cccc(Cl)c3Cl)cc2C1.CC(C)(C)OC(=O)N=C(NC(=O)OC(C)(C)C)N1CCc2ccc(OCc3cccc(Cl)c3Cl)cc2C1.CC1CCCO1.N=C(N)N1CCc2ccc(OCc3cccc(Cl)c3Cl)cc2C1.Oc1ccc2c(c1)CNCC2. The number of hydrogen-bond donors (Lipinski definition) is 6. The van der Waals surface area contributed by atoms with Crippen LogP contribution in [-0.2, 0) is 108 Å². The fourth-order valence-corrected chi connectivity index (χ4v) is 14.5. The van der Waals surface area contributed by atoms with Crippen molar-refractivity contribution in [1.82, 2.24) is 30.2 Å². The molecule has 0 saturated carbocycles. The summed E-state index contributed by atoms with van der Waals surface area (Å²) in [7, 11) is 0. The normalized spacial score (nSPS) is 15.0. The largest absolute Gasteiger partial charge is 0.508 e. The number of ether oxygens (including phenoxy) is 8. The Labute approximate surface area is 766 Å². The predicted molar refractivity (Wildman–Crippen MR) is 498 cm³/mol. The first kappa shape index (κ1) is 101. The monoisotopic (exact) mass is 1830 g/mol. The molecule has 6 aliphatic heterocycles. The lowest BCUT2D eigenvalue weighted by atomic mass is 9.99. The van der Waals surface area contributed by atoms with Crippen LogP contribution in [0.25, 0.3) is 0 Å². The van der Waals surface area contributed by atoms with Crippen molar-refractivity contribution < 1.29 is 67.3 Å². The molecule has 1 fully saturated rings. The van der Waals surface area contributed by atoms with Crippen LogP contribution in [0.2, 0.25) is 30.1 Å². The van der Waals surface area contributed by atoms with Crippen LogP contribution in [0, 0.1) is 5.41 Å². The first-order valence-electron chi connectivity index (χ1n) is 41.6. The average molecular weight is 1840 g/mol. The van der Waals surface area contributed by atoms with Crippen molar-refractivity contribution in [2.24, 2.45) is 10.7 Å². The minimum atomic E-state index is -0.806. The van der Waals surface area contributed by atoms with E-state index in [1.54, 1.807) is 98.7 Å². The highest BCUT2D eigenvalue weighted by Crippen LogP contribution is 2.35. The summed E-state index contributed by atoms with van der Waals surface area (Å²) in [6.45, 7) is 37.6. The molecule has 0 aliphatic carbocycles. The number of alkyl carbamates (subject to hydrolysis) is 1. The lowest BCUT2D eigenvalue weighted by Crippen LogP contribution is -2.48. The smallest absolute Gasteiger partial charge is 0.437 e. The van der Waals surface area contributed by atoms with Crippen LogP contribution in [0.3, 0.4) is 0 Å². The van der Waals surface area contributed by atoms with E-state index in [1.807, 2.05) is 150 Å². The quantitative estimate of drug-likeness (QED) is 0.0339. The zero-order chi connectivity index (χ0) is 91.5. The predicted octanol–water partition coefficient (Wildman–Crippen LogP) is 22.5. The van der Waals surface area contributed by atoms with E-state index in [0.717, 1.165) is 108 Å². The second-order valence-electron chi connectivity index (χ2n) is 34.4. The molecule has 29 heteroatoms. The molecule has 0 aromatic heterocycles. The van der Waals surface area contributed by atoms with Crippen molar-refractivity contribution in [2.75, 3.05) is 39.3 Å². The number of halogens is 6. The van der Waals surface area contributed by atoms with Crippen molar-refractivity contribution in [3.05, 3.63) is 261 Å². The van der Waals surface area contributed by atoms with Crippen molar-refractivity contribution in [3.63, 3.8) is 0 Å². The van der Waals surface area contributed by atoms with Gasteiger partial charge in [-0.25, -0.2) is 19.2 Å². The Hall–Kier alpha value is -9.82. The molecule has 0 bridgehead atoms. The molecule has 6 aliphatic rings. The molecule has 8 aromatic carbocycles. The van der Waals surface area contributed by atoms with E-state index in [4.69, 9.17) is 124 Å². The highest BCUT2D eigenvalue weighted by molar-refractivity contribution is 6.43. The summed E-state index contributed by atoms with van der Waals surface area (Å²) in [6.07, 6.45) is 6.97. The number of hydrogen-bond acceptors (Lipinski definition) is 16. The topological polar surface area (TPSA) is 282 Å². The number of aliphatic imine (C=N–C) groups is 1. The van der Waals surface area contributed by atoms with E-state index in [9.17, 15) is 24.3 Å². The third-order valence-electron chi connectivity index (χ3n) is 19.4. The number of aromatic hydroxyl groups is 2. The summed E-state index contributed by atoms with van der Waals surface area (Å²) in [5, 5.41) is 35.1. The van der Waals surface area contributed by atoms with E-state index < -0.39 is 34.6 Å². The summed E-state index contributed by atoms with van der Waals surface area (Å²) < 4.78 is 44.4. The Kier molecular flexibility index (Phi) is 37.9. The van der Waals surface area contributed by atoms with Crippen LogP contribution < -0.4 is 30.6 Å². The van der Waals surface area contributed by atoms with Gasteiger partial charge in [0.15, 0.2) is 5.96 Å². The van der Waals surface area contributed by atoms with Gasteiger partial charge in [-0.15, -0.1) is 11.6 Å². The number of nitrogens with two attached hydrogens (primary N) is 1. The molecule has 1 saturated heterocycles. The second-order valence-corrected chi connectivity index (χ2v) is 36.8. The number of carbonyl (C=O) groups is 4. The van der Waals surface area contributed by atoms with Crippen molar-refractivity contribution >= 4 is 106 Å². The Morgan fingerprint density at radius 1 is 0.504 bits per heavy atom. The molecule has 7 N–H and O–H groups in total. The summed E-state index contributed by atoms with van der Waals surface area (Å²) in [5.41, 5.74) is 17.2. The van der Waals surface area contributed by atoms with Crippen LogP contribution in [0.5, 0.6) is 28.7 Å². The molecular formula is C96H119Cl6N9O14. The van der Waals surface area contributed by atoms with Crippen molar-refractivity contribution in [1.29, 1.82) is 5.41 Å². The summed E-state index contributed by atoms with van der Waals surface area (Å²) in [6, 6.07) is 45.1. The van der Waals surface area contributed by atoms with Gasteiger partial charge in [-0.1, -0.05) is 142 Å². The number of guanidine groups is 2. The van der Waals surface area contributed by atoms with Gasteiger partial charge in [-0.05, 0) is 283 Å². The fraction of sp³-hybridized carbons (Fsp3) is 0.417. The first-order chi connectivity index (χ1) is 59.0. The Bertz CT molecular complexity index is 5040. The molecule has 1 atom stereocenters. The summed E-state index contributed by atoms with van der Waals surface area (Å²) in [5.74, 6) is 2.93. The van der Waals surface area contributed by atoms with Crippen LogP contribution >= 0.6 is 69.6 Å². The molecule has 0 radical (unpaired) electrons. The molecule has 14 rings (SSSR count). The number of benzene rings is 8. The van der Waals surface area contributed by atoms with Gasteiger partial charge in [0.2, 0.25) is 5.96 Å². The first-order valence-corrected chi connectivity index (χ1v) is 43.9. The van der Waals surface area contributed by atoms with Gasteiger partial charge in [0, 0.05) is 82.2 Å². The number of carbonyl (C=O) groups excluding carboxylic acids is 4. The van der Waals surface area contributed by atoms with Gasteiger partial charge in [-0.3, -0.25) is 10.7 Å². The van der Waals surface area contributed by atoms with Crippen LogP contribution in [-0.4, -0.2) is 134 Å². The van der Waals surface area contributed by atoms with E-state index in [2.05, 4.69) is 41.3 Å². The maximum absolute atomic E-state index is 12.5. The van der Waals surface area contributed by atoms with Gasteiger partial charge in [0.1, 0.15) is 71.0 Å². The standard InChI is InChI=1S/C27H33Cl2N3O5.C21H23Cl2NO3.C17H17Cl2N3O.C14H19NO3.C9H11NO.C5H10O.C3H6/c1-26(2,3)36-24(33)30-23(31-25(34)37-27(4,5)6)32-13-12-17-10-11-20(14-19(17)15-32)35-16-18-8-7-9-21(28)22(18)29;1-21(2,3)27-20(25)24-10-9-14-7-8-17(11-16(14)12-24)26-13-15-5-4-6-18(22)19(15)23;18-15-3-1-2-12(16(15)19)10-23-14-5-4-11-6-7-22(17(20)21)9-13(11)8-14;1-14(2,3)18-13(17)15-7-6-10-4-5-12(16)8-11(10)9-15;11-9-2-1-7-3-4-10-6-8(7)5-9;1-5-3-2-4-6-5;1-3-2/h7-11,14H,12-13,15-16H2,1-6H3,(H,30,31,33,34);4-8,11H,9-10,12-13H2,1-3H3;1-5,8H,6-7,9-10H2,(H3,20,21);4-5,8,16H,6-7,9H2,1-3H3;1-2,5,10-11H,3-4,6H2;5H,2-4H2,1H3;3H,1H2,2H3. The summed E-state index contributed by atoms with van der Waals surface area (Å²) in [4.78, 5) is 60.4.